The van der Waals surface area contributed by atoms with Gasteiger partial charge in [0.2, 0.25) is 10.0 Å². The van der Waals surface area contributed by atoms with Crippen molar-refractivity contribution < 1.29 is 12.8 Å². The maximum atomic E-state index is 13.7. The standard InChI is InChI=1S/C14H18FN3O2S/c1-10(17)13-6-2-3-8-18(13)21(19,20)14-7-4-5-12(15)11(14)9-16/h4-5,7,10,13H,2-3,6,8,17H2,1H3. The minimum Gasteiger partial charge on any atom is -0.326 e. The first-order chi connectivity index (χ1) is 9.89. The summed E-state index contributed by atoms with van der Waals surface area (Å²) in [5.41, 5.74) is 5.45. The summed E-state index contributed by atoms with van der Waals surface area (Å²) < 4.78 is 40.6. The first kappa shape index (κ1) is 15.9. The molecule has 2 rings (SSSR count). The van der Waals surface area contributed by atoms with Crippen molar-refractivity contribution in [2.45, 2.75) is 43.2 Å². The fourth-order valence-electron chi connectivity index (χ4n) is 2.71. The summed E-state index contributed by atoms with van der Waals surface area (Å²) in [6.45, 7) is 2.10. The lowest BCUT2D eigenvalue weighted by Gasteiger charge is -2.37. The molecule has 21 heavy (non-hydrogen) atoms. The summed E-state index contributed by atoms with van der Waals surface area (Å²) in [5.74, 6) is -0.826. The van der Waals surface area contributed by atoms with Crippen molar-refractivity contribution in [3.63, 3.8) is 0 Å². The van der Waals surface area contributed by atoms with Crippen LogP contribution in [0.5, 0.6) is 0 Å². The average Bonchev–Trinajstić information content (AvgIpc) is 2.46. The van der Waals surface area contributed by atoms with Crippen molar-refractivity contribution in [2.75, 3.05) is 6.54 Å². The molecule has 5 nitrogen and oxygen atoms in total. The van der Waals surface area contributed by atoms with Crippen molar-refractivity contribution in [3.8, 4) is 6.07 Å². The van der Waals surface area contributed by atoms with Gasteiger partial charge in [0.1, 0.15) is 22.3 Å². The van der Waals surface area contributed by atoms with E-state index in [1.807, 2.05) is 0 Å². The van der Waals surface area contributed by atoms with Gasteiger partial charge in [0.15, 0.2) is 0 Å². The number of hydrogen-bond acceptors (Lipinski definition) is 4. The summed E-state index contributed by atoms with van der Waals surface area (Å²) in [6, 6.07) is 4.65. The number of halogens is 1. The number of nitrogens with two attached hydrogens (primary N) is 1. The van der Waals surface area contributed by atoms with E-state index in [1.54, 1.807) is 13.0 Å². The Balaban J connectivity index is 2.51. The highest BCUT2D eigenvalue weighted by molar-refractivity contribution is 7.89. The second-order valence-corrected chi connectivity index (χ2v) is 7.12. The van der Waals surface area contributed by atoms with Crippen LogP contribution in [0.15, 0.2) is 23.1 Å². The molecule has 0 aliphatic carbocycles. The maximum Gasteiger partial charge on any atom is 0.244 e. The van der Waals surface area contributed by atoms with Crippen LogP contribution in [0.3, 0.4) is 0 Å². The van der Waals surface area contributed by atoms with Crippen LogP contribution in [0.25, 0.3) is 0 Å². The van der Waals surface area contributed by atoms with Crippen molar-refractivity contribution in [1.82, 2.24) is 4.31 Å². The molecule has 1 heterocycles. The van der Waals surface area contributed by atoms with Gasteiger partial charge in [-0.05, 0) is 31.9 Å². The molecule has 1 aromatic carbocycles. The Hall–Kier alpha value is -1.49. The normalized spacial score (nSPS) is 21.7. The van der Waals surface area contributed by atoms with Crippen molar-refractivity contribution in [1.29, 1.82) is 5.26 Å². The zero-order chi connectivity index (χ0) is 15.6. The van der Waals surface area contributed by atoms with Crippen LogP contribution < -0.4 is 5.73 Å². The Morgan fingerprint density at radius 2 is 2.19 bits per heavy atom. The number of piperidine rings is 1. The number of benzene rings is 1. The highest BCUT2D eigenvalue weighted by Crippen LogP contribution is 2.29. The van der Waals surface area contributed by atoms with Crippen LogP contribution in [0.1, 0.15) is 31.7 Å². The van der Waals surface area contributed by atoms with Crippen LogP contribution in [0, 0.1) is 17.1 Å². The number of hydrogen-bond donors (Lipinski definition) is 1. The lowest BCUT2D eigenvalue weighted by molar-refractivity contribution is 0.227. The largest absolute Gasteiger partial charge is 0.326 e. The van der Waals surface area contributed by atoms with Crippen LogP contribution in [0.2, 0.25) is 0 Å². The summed E-state index contributed by atoms with van der Waals surface area (Å²) in [7, 11) is -3.93. The van der Waals surface area contributed by atoms with Crippen LogP contribution >= 0.6 is 0 Å². The molecule has 1 aliphatic heterocycles. The molecule has 1 saturated heterocycles. The predicted molar refractivity (Wildman–Crippen MR) is 76.3 cm³/mol. The zero-order valence-electron chi connectivity index (χ0n) is 11.8. The van der Waals surface area contributed by atoms with E-state index in [-0.39, 0.29) is 17.0 Å². The third-order valence-electron chi connectivity index (χ3n) is 3.78. The molecule has 0 bridgehead atoms. The van der Waals surface area contributed by atoms with E-state index >= 15 is 0 Å². The number of nitrogens with zero attached hydrogens (tertiary/aromatic N) is 2. The van der Waals surface area contributed by atoms with Gasteiger partial charge < -0.3 is 5.73 Å². The van der Waals surface area contributed by atoms with Crippen molar-refractivity contribution in [3.05, 3.63) is 29.6 Å². The van der Waals surface area contributed by atoms with E-state index in [4.69, 9.17) is 11.0 Å². The van der Waals surface area contributed by atoms with Gasteiger partial charge in [0.05, 0.1) is 0 Å². The molecule has 1 aliphatic rings. The van der Waals surface area contributed by atoms with E-state index in [9.17, 15) is 12.8 Å². The molecular formula is C14H18FN3O2S. The molecule has 0 amide bonds. The first-order valence-corrected chi connectivity index (χ1v) is 8.29. The van der Waals surface area contributed by atoms with Crippen LogP contribution in [-0.4, -0.2) is 31.4 Å². The summed E-state index contributed by atoms with van der Waals surface area (Å²) in [5, 5.41) is 9.04. The average molecular weight is 311 g/mol. The molecule has 0 radical (unpaired) electrons. The third kappa shape index (κ3) is 2.93. The molecule has 114 valence electrons. The molecule has 7 heteroatoms. The zero-order valence-corrected chi connectivity index (χ0v) is 12.6. The Morgan fingerprint density at radius 3 is 2.81 bits per heavy atom. The van der Waals surface area contributed by atoms with Gasteiger partial charge in [-0.1, -0.05) is 12.5 Å². The van der Waals surface area contributed by atoms with Gasteiger partial charge in [0, 0.05) is 18.6 Å². The van der Waals surface area contributed by atoms with E-state index in [2.05, 4.69) is 0 Å². The monoisotopic (exact) mass is 311 g/mol. The predicted octanol–water partition coefficient (Wildman–Crippen LogP) is 1.59. The Morgan fingerprint density at radius 1 is 1.48 bits per heavy atom. The third-order valence-corrected chi connectivity index (χ3v) is 5.75. The smallest absolute Gasteiger partial charge is 0.244 e. The topological polar surface area (TPSA) is 87.2 Å². The van der Waals surface area contributed by atoms with Crippen LogP contribution in [-0.2, 0) is 10.0 Å². The molecule has 2 unspecified atom stereocenters. The Labute approximate surface area is 124 Å². The summed E-state index contributed by atoms with van der Waals surface area (Å²) in [6.07, 6.45) is 2.32. The molecule has 0 aromatic heterocycles. The molecule has 1 fully saturated rings. The molecular weight excluding hydrogens is 293 g/mol. The molecule has 2 atom stereocenters. The second kappa shape index (κ2) is 6.10. The second-order valence-electron chi connectivity index (χ2n) is 5.26. The van der Waals surface area contributed by atoms with E-state index in [1.165, 1.54) is 16.4 Å². The molecule has 1 aromatic rings. The molecule has 0 saturated carbocycles. The minimum atomic E-state index is -3.93. The first-order valence-electron chi connectivity index (χ1n) is 6.85. The summed E-state index contributed by atoms with van der Waals surface area (Å²) >= 11 is 0. The van der Waals surface area contributed by atoms with Crippen molar-refractivity contribution in [2.24, 2.45) is 5.73 Å². The Bertz CT molecular complexity index is 667. The van der Waals surface area contributed by atoms with Crippen molar-refractivity contribution >= 4 is 10.0 Å². The van der Waals surface area contributed by atoms with Gasteiger partial charge in [-0.25, -0.2) is 12.8 Å². The highest BCUT2D eigenvalue weighted by atomic mass is 32.2. The van der Waals surface area contributed by atoms with Gasteiger partial charge in [-0.3, -0.25) is 0 Å². The number of rotatable bonds is 3. The van der Waals surface area contributed by atoms with E-state index < -0.39 is 21.4 Å². The van der Waals surface area contributed by atoms with Crippen LogP contribution in [0.4, 0.5) is 4.39 Å². The van der Waals surface area contributed by atoms with Gasteiger partial charge in [-0.15, -0.1) is 0 Å². The van der Waals surface area contributed by atoms with E-state index in [0.29, 0.717) is 13.0 Å². The lowest BCUT2D eigenvalue weighted by atomic mass is 10.00. The number of sulfonamides is 1. The summed E-state index contributed by atoms with van der Waals surface area (Å²) in [4.78, 5) is -0.280. The maximum absolute atomic E-state index is 13.7. The highest BCUT2D eigenvalue weighted by Gasteiger charge is 2.36. The molecule has 2 N–H and O–H groups in total. The Kier molecular flexibility index (Phi) is 4.61. The van der Waals surface area contributed by atoms with Gasteiger partial charge >= 0.3 is 0 Å². The fourth-order valence-corrected chi connectivity index (χ4v) is 4.64. The quantitative estimate of drug-likeness (QED) is 0.918. The minimum absolute atomic E-state index is 0.280. The van der Waals surface area contributed by atoms with Gasteiger partial charge in [-0.2, -0.15) is 9.57 Å². The SMILES string of the molecule is CC(N)C1CCCCN1S(=O)(=O)c1cccc(F)c1C#N. The number of nitriles is 1. The fraction of sp³-hybridized carbons (Fsp3) is 0.500. The van der Waals surface area contributed by atoms with E-state index in [0.717, 1.165) is 18.9 Å². The molecule has 0 spiro atoms. The van der Waals surface area contributed by atoms with Gasteiger partial charge in [0.25, 0.3) is 0 Å². The lowest BCUT2D eigenvalue weighted by Crippen LogP contribution is -2.51.